The van der Waals surface area contributed by atoms with Crippen LogP contribution in [0, 0.1) is 0 Å². The number of hydrazone groups is 1. The van der Waals surface area contributed by atoms with Crippen LogP contribution in [-0.4, -0.2) is 41.2 Å². The Labute approximate surface area is 157 Å². The predicted octanol–water partition coefficient (Wildman–Crippen LogP) is 4.02. The molecular formula is C20H22N2O3S. The number of phenolic OH excluding ortho intramolecular Hbond substituents is 1. The highest BCUT2D eigenvalue weighted by Gasteiger charge is 2.41. The quantitative estimate of drug-likeness (QED) is 0.861. The molecule has 0 bridgehead atoms. The van der Waals surface area contributed by atoms with Crippen molar-refractivity contribution in [3.8, 4) is 17.2 Å². The third-order valence-corrected chi connectivity index (χ3v) is 5.51. The molecule has 2 aliphatic heterocycles. The van der Waals surface area contributed by atoms with Gasteiger partial charge in [0.2, 0.25) is 0 Å². The Hall–Kier alpha value is -2.34. The van der Waals surface area contributed by atoms with E-state index < -0.39 is 0 Å². The molecule has 6 heteroatoms. The topological polar surface area (TPSA) is 54.3 Å². The van der Waals surface area contributed by atoms with Crippen LogP contribution < -0.4 is 9.47 Å². The molecule has 0 aromatic heterocycles. The van der Waals surface area contributed by atoms with Crippen molar-refractivity contribution in [2.45, 2.75) is 25.1 Å². The number of rotatable bonds is 5. The minimum absolute atomic E-state index is 0.0929. The molecule has 4 rings (SSSR count). The van der Waals surface area contributed by atoms with Gasteiger partial charge in [0.1, 0.15) is 5.75 Å². The van der Waals surface area contributed by atoms with Crippen LogP contribution >= 0.6 is 11.8 Å². The lowest BCUT2D eigenvalue weighted by Crippen LogP contribution is -2.40. The molecule has 1 N–H and O–H groups in total. The van der Waals surface area contributed by atoms with Gasteiger partial charge in [-0.15, -0.1) is 0 Å². The third kappa shape index (κ3) is 2.88. The normalized spacial score (nSPS) is 20.8. The molecule has 0 aliphatic carbocycles. The van der Waals surface area contributed by atoms with Gasteiger partial charge in [-0.3, -0.25) is 5.01 Å². The zero-order valence-electron chi connectivity index (χ0n) is 14.9. The fraction of sp³-hybridized carbons (Fsp3) is 0.350. The van der Waals surface area contributed by atoms with Crippen LogP contribution in [0.15, 0.2) is 47.6 Å². The first-order valence-electron chi connectivity index (χ1n) is 8.69. The van der Waals surface area contributed by atoms with Gasteiger partial charge in [-0.05, 0) is 30.2 Å². The van der Waals surface area contributed by atoms with E-state index in [-0.39, 0.29) is 18.0 Å². The van der Waals surface area contributed by atoms with Crippen molar-refractivity contribution in [1.82, 2.24) is 5.01 Å². The first kappa shape index (κ1) is 17.1. The van der Waals surface area contributed by atoms with Gasteiger partial charge in [0.15, 0.2) is 17.7 Å². The molecule has 0 radical (unpaired) electrons. The van der Waals surface area contributed by atoms with E-state index >= 15 is 0 Å². The molecule has 26 heavy (non-hydrogen) atoms. The molecule has 2 aromatic rings. The Bertz CT molecular complexity index is 840. The highest BCUT2D eigenvalue weighted by Crippen LogP contribution is 2.47. The highest BCUT2D eigenvalue weighted by molar-refractivity contribution is 7.98. The number of hydrogen-bond donors (Lipinski definition) is 1. The Morgan fingerprint density at radius 3 is 2.88 bits per heavy atom. The van der Waals surface area contributed by atoms with E-state index in [9.17, 15) is 5.11 Å². The Kier molecular flexibility index (Phi) is 4.68. The number of fused-ring (bicyclic) bond motifs is 3. The molecule has 0 saturated heterocycles. The summed E-state index contributed by atoms with van der Waals surface area (Å²) in [5.41, 5.74) is 2.76. The Morgan fingerprint density at radius 1 is 1.27 bits per heavy atom. The smallest absolute Gasteiger partial charge is 0.188 e. The summed E-state index contributed by atoms with van der Waals surface area (Å²) in [6, 6.07) is 13.4. The van der Waals surface area contributed by atoms with Crippen molar-refractivity contribution in [3.63, 3.8) is 0 Å². The molecule has 0 fully saturated rings. The summed E-state index contributed by atoms with van der Waals surface area (Å²) < 4.78 is 11.8. The van der Waals surface area contributed by atoms with Gasteiger partial charge in [0, 0.05) is 24.0 Å². The van der Waals surface area contributed by atoms with Crippen molar-refractivity contribution < 1.29 is 14.6 Å². The summed E-state index contributed by atoms with van der Waals surface area (Å²) in [6.45, 7) is 0. The highest BCUT2D eigenvalue weighted by atomic mass is 32.2. The number of ether oxygens (including phenoxy) is 2. The predicted molar refractivity (Wildman–Crippen MR) is 104 cm³/mol. The first-order chi connectivity index (χ1) is 12.7. The van der Waals surface area contributed by atoms with Gasteiger partial charge in [0.25, 0.3) is 0 Å². The van der Waals surface area contributed by atoms with Gasteiger partial charge in [-0.1, -0.05) is 24.3 Å². The summed E-state index contributed by atoms with van der Waals surface area (Å²) in [5, 5.41) is 17.1. The van der Waals surface area contributed by atoms with E-state index in [0.29, 0.717) is 0 Å². The number of nitrogens with zero attached hydrogens (tertiary/aromatic N) is 2. The van der Waals surface area contributed by atoms with Gasteiger partial charge < -0.3 is 14.6 Å². The molecule has 0 saturated carbocycles. The number of aromatic hydroxyl groups is 1. The fourth-order valence-corrected chi connectivity index (χ4v) is 4.04. The number of benzene rings is 2. The molecular weight excluding hydrogens is 348 g/mol. The van der Waals surface area contributed by atoms with Crippen molar-refractivity contribution in [2.75, 3.05) is 19.1 Å². The van der Waals surface area contributed by atoms with E-state index in [1.165, 1.54) is 0 Å². The summed E-state index contributed by atoms with van der Waals surface area (Å²) >= 11 is 1.79. The van der Waals surface area contributed by atoms with Crippen LogP contribution in [0.25, 0.3) is 0 Å². The van der Waals surface area contributed by atoms with E-state index in [4.69, 9.17) is 14.6 Å². The molecule has 5 nitrogen and oxygen atoms in total. The standard InChI is InChI=1S/C20H22N2O3S/c1-24-18-9-5-7-14-16-12-15(13-6-3-4-8-17(13)23)21-22(16)19(10-11-26-2)25-20(14)18/h3-9,16,19,23H,10-12H2,1-2H3/t16-,19+/m1/s1. The molecule has 136 valence electrons. The number of para-hydroxylation sites is 2. The maximum Gasteiger partial charge on any atom is 0.188 e. The second kappa shape index (κ2) is 7.11. The lowest BCUT2D eigenvalue weighted by atomic mass is 9.95. The fourth-order valence-electron chi connectivity index (χ4n) is 3.61. The van der Waals surface area contributed by atoms with Gasteiger partial charge in [-0.25, -0.2) is 0 Å². The van der Waals surface area contributed by atoms with Crippen LogP contribution in [0.4, 0.5) is 0 Å². The molecule has 2 atom stereocenters. The van der Waals surface area contributed by atoms with E-state index in [1.807, 2.05) is 30.3 Å². The monoisotopic (exact) mass is 370 g/mol. The van der Waals surface area contributed by atoms with Crippen LogP contribution in [-0.2, 0) is 0 Å². The van der Waals surface area contributed by atoms with Crippen LogP contribution in [0.3, 0.4) is 0 Å². The largest absolute Gasteiger partial charge is 0.507 e. The maximum absolute atomic E-state index is 10.2. The second-order valence-corrected chi connectivity index (χ2v) is 7.38. The van der Waals surface area contributed by atoms with E-state index in [2.05, 4.69) is 17.3 Å². The van der Waals surface area contributed by atoms with E-state index in [0.717, 1.165) is 46.9 Å². The van der Waals surface area contributed by atoms with Crippen LogP contribution in [0.5, 0.6) is 17.2 Å². The van der Waals surface area contributed by atoms with Crippen molar-refractivity contribution in [2.24, 2.45) is 5.10 Å². The van der Waals surface area contributed by atoms with Crippen molar-refractivity contribution in [1.29, 1.82) is 0 Å². The second-order valence-electron chi connectivity index (χ2n) is 6.40. The average molecular weight is 370 g/mol. The summed E-state index contributed by atoms with van der Waals surface area (Å²) in [4.78, 5) is 0. The molecule has 0 amide bonds. The summed E-state index contributed by atoms with van der Waals surface area (Å²) in [5.74, 6) is 2.82. The zero-order valence-corrected chi connectivity index (χ0v) is 15.7. The lowest BCUT2D eigenvalue weighted by molar-refractivity contribution is -0.0198. The Balaban J connectivity index is 1.74. The van der Waals surface area contributed by atoms with Crippen molar-refractivity contribution >= 4 is 17.5 Å². The minimum atomic E-state index is -0.139. The number of phenols is 1. The number of thioether (sulfide) groups is 1. The maximum atomic E-state index is 10.2. The molecule has 2 heterocycles. The minimum Gasteiger partial charge on any atom is -0.507 e. The van der Waals surface area contributed by atoms with Gasteiger partial charge in [-0.2, -0.15) is 16.9 Å². The van der Waals surface area contributed by atoms with Gasteiger partial charge >= 0.3 is 0 Å². The van der Waals surface area contributed by atoms with E-state index in [1.54, 1.807) is 24.9 Å². The zero-order chi connectivity index (χ0) is 18.1. The van der Waals surface area contributed by atoms with Gasteiger partial charge in [0.05, 0.1) is 18.9 Å². The molecule has 2 aromatic carbocycles. The number of methoxy groups -OCH3 is 1. The molecule has 2 aliphatic rings. The number of hydrogen-bond acceptors (Lipinski definition) is 6. The lowest BCUT2D eigenvalue weighted by Gasteiger charge is -2.38. The summed E-state index contributed by atoms with van der Waals surface area (Å²) in [6.07, 6.45) is 3.55. The third-order valence-electron chi connectivity index (χ3n) is 4.86. The molecule has 0 spiro atoms. The Morgan fingerprint density at radius 2 is 2.12 bits per heavy atom. The van der Waals surface area contributed by atoms with Crippen molar-refractivity contribution in [3.05, 3.63) is 53.6 Å². The first-order valence-corrected chi connectivity index (χ1v) is 10.1. The molecule has 0 unspecified atom stereocenters. The average Bonchev–Trinajstić information content (AvgIpc) is 3.11. The SMILES string of the molecule is COc1cccc2c1O[C@@H](CCSC)N1N=C(c3ccccc3O)C[C@H]21. The summed E-state index contributed by atoms with van der Waals surface area (Å²) in [7, 11) is 1.67. The van der Waals surface area contributed by atoms with Crippen LogP contribution in [0.2, 0.25) is 0 Å². The van der Waals surface area contributed by atoms with Crippen LogP contribution in [0.1, 0.15) is 30.0 Å².